The SMILES string of the molecule is CNC(=O)CCN(C)C(=O)N[C@H](C)c1cnn(-c2cccc(OC)c2)c1. The Labute approximate surface area is 153 Å². The number of aromatic nitrogens is 2. The van der Waals surface area contributed by atoms with Gasteiger partial charge in [-0.25, -0.2) is 9.48 Å². The third-order valence-electron chi connectivity index (χ3n) is 4.06. The van der Waals surface area contributed by atoms with Crippen LogP contribution in [0, 0.1) is 0 Å². The van der Waals surface area contributed by atoms with Gasteiger partial charge in [-0.3, -0.25) is 4.79 Å². The number of amides is 3. The van der Waals surface area contributed by atoms with Crippen LogP contribution in [0.5, 0.6) is 5.75 Å². The number of methoxy groups -OCH3 is 1. The average Bonchev–Trinajstić information content (AvgIpc) is 3.16. The Balaban J connectivity index is 1.97. The van der Waals surface area contributed by atoms with Crippen LogP contribution in [0.4, 0.5) is 4.79 Å². The van der Waals surface area contributed by atoms with Crippen LogP contribution >= 0.6 is 0 Å². The maximum absolute atomic E-state index is 12.2. The van der Waals surface area contributed by atoms with Gasteiger partial charge in [-0.1, -0.05) is 6.07 Å². The normalized spacial score (nSPS) is 11.5. The van der Waals surface area contributed by atoms with Crippen molar-refractivity contribution < 1.29 is 14.3 Å². The minimum absolute atomic E-state index is 0.0998. The van der Waals surface area contributed by atoms with E-state index in [0.29, 0.717) is 6.54 Å². The third kappa shape index (κ3) is 4.98. The lowest BCUT2D eigenvalue weighted by atomic mass is 10.2. The Kier molecular flexibility index (Phi) is 6.60. The van der Waals surface area contributed by atoms with Crippen LogP contribution in [0.25, 0.3) is 5.69 Å². The first-order chi connectivity index (χ1) is 12.4. The van der Waals surface area contributed by atoms with Gasteiger partial charge in [-0.15, -0.1) is 0 Å². The number of carbonyl (C=O) groups is 2. The van der Waals surface area contributed by atoms with E-state index >= 15 is 0 Å². The maximum atomic E-state index is 12.2. The van der Waals surface area contributed by atoms with Crippen LogP contribution in [0.15, 0.2) is 36.7 Å². The van der Waals surface area contributed by atoms with Gasteiger partial charge in [0.25, 0.3) is 0 Å². The van der Waals surface area contributed by atoms with Crippen LogP contribution in [0.3, 0.4) is 0 Å². The summed E-state index contributed by atoms with van der Waals surface area (Å²) in [6, 6.07) is 7.11. The standard InChI is InChI=1S/C18H25N5O3/c1-13(21-18(25)22(3)9-8-17(24)19-2)14-11-20-23(12-14)15-6-5-7-16(10-15)26-4/h5-7,10-13H,8-9H2,1-4H3,(H,19,24)(H,21,25)/t13-/m1/s1. The van der Waals surface area contributed by atoms with E-state index in [1.807, 2.05) is 37.4 Å². The molecule has 1 heterocycles. The molecule has 0 radical (unpaired) electrons. The van der Waals surface area contributed by atoms with Crippen molar-refractivity contribution in [2.24, 2.45) is 0 Å². The third-order valence-corrected chi connectivity index (χ3v) is 4.06. The summed E-state index contributed by atoms with van der Waals surface area (Å²) in [5, 5.41) is 9.79. The van der Waals surface area contributed by atoms with E-state index < -0.39 is 0 Å². The first kappa shape index (κ1) is 19.3. The summed E-state index contributed by atoms with van der Waals surface area (Å²) in [6.45, 7) is 2.23. The number of benzene rings is 1. The molecule has 8 nitrogen and oxygen atoms in total. The average molecular weight is 359 g/mol. The first-order valence-electron chi connectivity index (χ1n) is 8.35. The molecule has 3 amide bonds. The van der Waals surface area contributed by atoms with E-state index in [2.05, 4.69) is 15.7 Å². The smallest absolute Gasteiger partial charge is 0.317 e. The Hall–Kier alpha value is -3.03. The molecule has 2 rings (SSSR count). The Morgan fingerprint density at radius 2 is 2.15 bits per heavy atom. The van der Waals surface area contributed by atoms with Crippen LogP contribution < -0.4 is 15.4 Å². The van der Waals surface area contributed by atoms with Crippen LogP contribution in [0.1, 0.15) is 24.9 Å². The summed E-state index contributed by atoms with van der Waals surface area (Å²) in [5.41, 5.74) is 1.75. The second-order valence-electron chi connectivity index (χ2n) is 5.94. The Morgan fingerprint density at radius 1 is 1.38 bits per heavy atom. The van der Waals surface area contributed by atoms with Crippen molar-refractivity contribution in [3.63, 3.8) is 0 Å². The minimum atomic E-state index is -0.240. The molecule has 0 spiro atoms. The highest BCUT2D eigenvalue weighted by atomic mass is 16.5. The number of hydrogen-bond donors (Lipinski definition) is 2. The van der Waals surface area contributed by atoms with Crippen molar-refractivity contribution in [1.82, 2.24) is 25.3 Å². The zero-order valence-electron chi connectivity index (χ0n) is 15.5. The lowest BCUT2D eigenvalue weighted by Gasteiger charge is -2.20. The van der Waals surface area contributed by atoms with Crippen molar-refractivity contribution >= 4 is 11.9 Å². The summed E-state index contributed by atoms with van der Waals surface area (Å²) < 4.78 is 6.96. The summed E-state index contributed by atoms with van der Waals surface area (Å²) >= 11 is 0. The molecule has 0 saturated heterocycles. The molecule has 8 heteroatoms. The molecule has 0 bridgehead atoms. The van der Waals surface area contributed by atoms with Gasteiger partial charge in [0.2, 0.25) is 5.91 Å². The zero-order chi connectivity index (χ0) is 19.1. The molecule has 2 aromatic rings. The molecule has 0 unspecified atom stereocenters. The van der Waals surface area contributed by atoms with Gasteiger partial charge in [-0.05, 0) is 19.1 Å². The lowest BCUT2D eigenvalue weighted by molar-refractivity contribution is -0.120. The van der Waals surface area contributed by atoms with E-state index in [9.17, 15) is 9.59 Å². The molecule has 1 aromatic heterocycles. The number of nitrogens with zero attached hydrogens (tertiary/aromatic N) is 3. The fraction of sp³-hybridized carbons (Fsp3) is 0.389. The Morgan fingerprint density at radius 3 is 2.85 bits per heavy atom. The minimum Gasteiger partial charge on any atom is -0.497 e. The highest BCUT2D eigenvalue weighted by Crippen LogP contribution is 2.18. The molecular formula is C18H25N5O3. The predicted molar refractivity (Wildman–Crippen MR) is 98.4 cm³/mol. The van der Waals surface area contributed by atoms with Crippen LogP contribution in [0.2, 0.25) is 0 Å². The number of urea groups is 1. The second-order valence-corrected chi connectivity index (χ2v) is 5.94. The predicted octanol–water partition coefficient (Wildman–Crippen LogP) is 1.72. The second kappa shape index (κ2) is 8.89. The largest absolute Gasteiger partial charge is 0.497 e. The number of rotatable bonds is 7. The number of ether oxygens (including phenoxy) is 1. The summed E-state index contributed by atoms with van der Waals surface area (Å²) in [6.07, 6.45) is 3.85. The monoisotopic (exact) mass is 359 g/mol. The molecule has 0 saturated carbocycles. The molecule has 0 aliphatic heterocycles. The summed E-state index contributed by atoms with van der Waals surface area (Å²) in [4.78, 5) is 25.0. The van der Waals surface area contributed by atoms with Crippen molar-refractivity contribution in [3.8, 4) is 11.4 Å². The molecule has 0 aliphatic carbocycles. The van der Waals surface area contributed by atoms with Gasteiger partial charge in [0.05, 0.1) is 25.0 Å². The van der Waals surface area contributed by atoms with Crippen molar-refractivity contribution in [3.05, 3.63) is 42.2 Å². The van der Waals surface area contributed by atoms with Gasteiger partial charge in [0.1, 0.15) is 5.75 Å². The van der Waals surface area contributed by atoms with Gasteiger partial charge in [0.15, 0.2) is 0 Å². The lowest BCUT2D eigenvalue weighted by Crippen LogP contribution is -2.40. The molecule has 1 aromatic carbocycles. The fourth-order valence-electron chi connectivity index (χ4n) is 2.33. The van der Waals surface area contributed by atoms with Crippen molar-refractivity contribution in [1.29, 1.82) is 0 Å². The summed E-state index contributed by atoms with van der Waals surface area (Å²) in [5.74, 6) is 0.649. The molecule has 0 aliphatic rings. The summed E-state index contributed by atoms with van der Waals surface area (Å²) in [7, 11) is 4.85. The maximum Gasteiger partial charge on any atom is 0.317 e. The molecule has 26 heavy (non-hydrogen) atoms. The van der Waals surface area contributed by atoms with E-state index in [1.165, 1.54) is 4.90 Å². The van der Waals surface area contributed by atoms with Crippen molar-refractivity contribution in [2.45, 2.75) is 19.4 Å². The number of nitrogens with one attached hydrogen (secondary N) is 2. The van der Waals surface area contributed by atoms with E-state index in [-0.39, 0.29) is 24.4 Å². The van der Waals surface area contributed by atoms with Crippen LogP contribution in [-0.2, 0) is 4.79 Å². The van der Waals surface area contributed by atoms with Gasteiger partial charge < -0.3 is 20.3 Å². The molecule has 1 atom stereocenters. The van der Waals surface area contributed by atoms with E-state index in [4.69, 9.17) is 4.74 Å². The number of carbonyl (C=O) groups excluding carboxylic acids is 2. The quantitative estimate of drug-likeness (QED) is 0.788. The topological polar surface area (TPSA) is 88.5 Å². The van der Waals surface area contributed by atoms with E-state index in [0.717, 1.165) is 17.0 Å². The first-order valence-corrected chi connectivity index (χ1v) is 8.35. The highest BCUT2D eigenvalue weighted by Gasteiger charge is 2.15. The molecule has 2 N–H and O–H groups in total. The van der Waals surface area contributed by atoms with Gasteiger partial charge in [0, 0.05) is 44.9 Å². The van der Waals surface area contributed by atoms with E-state index in [1.54, 1.807) is 32.1 Å². The molecular weight excluding hydrogens is 334 g/mol. The zero-order valence-corrected chi connectivity index (χ0v) is 15.5. The molecule has 140 valence electrons. The molecule has 0 fully saturated rings. The number of hydrogen-bond acceptors (Lipinski definition) is 4. The van der Waals surface area contributed by atoms with Crippen LogP contribution in [-0.4, -0.2) is 54.4 Å². The Bertz CT molecular complexity index is 759. The van der Waals surface area contributed by atoms with Gasteiger partial charge >= 0.3 is 6.03 Å². The fourth-order valence-corrected chi connectivity index (χ4v) is 2.33. The van der Waals surface area contributed by atoms with Gasteiger partial charge in [-0.2, -0.15) is 5.10 Å². The highest BCUT2D eigenvalue weighted by molar-refractivity contribution is 5.78. The van der Waals surface area contributed by atoms with Crippen molar-refractivity contribution in [2.75, 3.05) is 27.7 Å².